The average molecular weight is 264 g/mol. The molecule has 1 aromatic rings. The molecule has 108 valence electrons. The fraction of sp³-hybridized carbons (Fsp3) is 0.688. The summed E-state index contributed by atoms with van der Waals surface area (Å²) in [5, 5.41) is 3.54. The molecule has 1 atom stereocenters. The molecule has 0 aliphatic heterocycles. The van der Waals surface area contributed by atoms with Crippen LogP contribution in [-0.4, -0.2) is 23.7 Å². The van der Waals surface area contributed by atoms with Crippen molar-refractivity contribution >= 4 is 0 Å². The van der Waals surface area contributed by atoms with E-state index in [-0.39, 0.29) is 5.54 Å². The molecular weight excluding hydrogens is 236 g/mol. The van der Waals surface area contributed by atoms with Crippen molar-refractivity contribution in [2.45, 2.75) is 53.0 Å². The smallest absolute Gasteiger partial charge is 0.137 e. The Labute approximate surface area is 117 Å². The van der Waals surface area contributed by atoms with Gasteiger partial charge in [-0.05, 0) is 57.7 Å². The minimum Gasteiger partial charge on any atom is -0.492 e. The molecule has 19 heavy (non-hydrogen) atoms. The molecule has 1 aromatic heterocycles. The van der Waals surface area contributed by atoms with E-state index in [1.807, 2.05) is 6.20 Å². The molecule has 0 aromatic carbocycles. The third-order valence-corrected chi connectivity index (χ3v) is 2.81. The van der Waals surface area contributed by atoms with Crippen LogP contribution in [-0.2, 0) is 6.42 Å². The molecule has 1 unspecified atom stereocenters. The molecule has 0 fully saturated rings. The summed E-state index contributed by atoms with van der Waals surface area (Å²) in [5.41, 5.74) is 1.43. The molecule has 0 saturated heterocycles. The first-order valence-corrected chi connectivity index (χ1v) is 7.22. The number of ether oxygens (including phenoxy) is 1. The van der Waals surface area contributed by atoms with Crippen LogP contribution in [0.25, 0.3) is 0 Å². The van der Waals surface area contributed by atoms with Crippen molar-refractivity contribution in [1.82, 2.24) is 10.3 Å². The normalized spacial score (nSPS) is 13.3. The van der Waals surface area contributed by atoms with Gasteiger partial charge in [-0.3, -0.25) is 4.98 Å². The monoisotopic (exact) mass is 264 g/mol. The number of pyridine rings is 1. The standard InChI is InChI=1S/C16H28N2O/c1-6-7-19-15-9-14(11-17-12-15)8-13(2)10-18-16(3,4)5/h9,11-13,18H,6-8,10H2,1-5H3. The zero-order chi connectivity index (χ0) is 14.3. The predicted molar refractivity (Wildman–Crippen MR) is 80.6 cm³/mol. The lowest BCUT2D eigenvalue weighted by atomic mass is 10.0. The van der Waals surface area contributed by atoms with E-state index in [0.29, 0.717) is 5.92 Å². The van der Waals surface area contributed by atoms with E-state index in [1.165, 1.54) is 5.56 Å². The number of hydrogen-bond acceptors (Lipinski definition) is 3. The van der Waals surface area contributed by atoms with Gasteiger partial charge >= 0.3 is 0 Å². The highest BCUT2D eigenvalue weighted by Crippen LogP contribution is 2.15. The third-order valence-electron chi connectivity index (χ3n) is 2.81. The summed E-state index contributed by atoms with van der Waals surface area (Å²) in [6.45, 7) is 12.7. The Kier molecular flexibility index (Phi) is 6.29. The van der Waals surface area contributed by atoms with Crippen molar-refractivity contribution in [2.75, 3.05) is 13.2 Å². The van der Waals surface area contributed by atoms with Crippen LogP contribution in [0.15, 0.2) is 18.5 Å². The van der Waals surface area contributed by atoms with Crippen molar-refractivity contribution < 1.29 is 4.74 Å². The van der Waals surface area contributed by atoms with E-state index in [9.17, 15) is 0 Å². The van der Waals surface area contributed by atoms with Gasteiger partial charge in [-0.1, -0.05) is 13.8 Å². The van der Waals surface area contributed by atoms with Gasteiger partial charge < -0.3 is 10.1 Å². The van der Waals surface area contributed by atoms with Crippen molar-refractivity contribution in [3.8, 4) is 5.75 Å². The van der Waals surface area contributed by atoms with E-state index in [1.54, 1.807) is 6.20 Å². The Morgan fingerprint density at radius 1 is 1.32 bits per heavy atom. The van der Waals surface area contributed by atoms with Crippen LogP contribution in [0.3, 0.4) is 0 Å². The summed E-state index contributed by atoms with van der Waals surface area (Å²) in [6, 6.07) is 2.11. The molecule has 1 rings (SSSR count). The Morgan fingerprint density at radius 2 is 2.05 bits per heavy atom. The summed E-state index contributed by atoms with van der Waals surface area (Å²) in [5.74, 6) is 1.47. The maximum absolute atomic E-state index is 5.61. The third kappa shape index (κ3) is 7.16. The lowest BCUT2D eigenvalue weighted by molar-refractivity contribution is 0.315. The Morgan fingerprint density at radius 3 is 2.68 bits per heavy atom. The molecule has 3 nitrogen and oxygen atoms in total. The predicted octanol–water partition coefficient (Wildman–Crippen LogP) is 3.44. The highest BCUT2D eigenvalue weighted by atomic mass is 16.5. The molecule has 0 radical (unpaired) electrons. The molecule has 0 saturated carbocycles. The summed E-state index contributed by atoms with van der Waals surface area (Å²) in [6.07, 6.45) is 5.78. The van der Waals surface area contributed by atoms with E-state index in [4.69, 9.17) is 4.74 Å². The molecule has 3 heteroatoms. The maximum atomic E-state index is 5.61. The average Bonchev–Trinajstić information content (AvgIpc) is 2.33. The molecule has 1 N–H and O–H groups in total. The van der Waals surface area contributed by atoms with E-state index in [2.05, 4.69) is 51.0 Å². The summed E-state index contributed by atoms with van der Waals surface area (Å²) in [7, 11) is 0. The molecule has 0 spiro atoms. The van der Waals surface area contributed by atoms with Crippen molar-refractivity contribution in [3.05, 3.63) is 24.0 Å². The zero-order valence-electron chi connectivity index (χ0n) is 13.0. The molecule has 0 aliphatic carbocycles. The highest BCUT2D eigenvalue weighted by molar-refractivity contribution is 5.23. The second-order valence-corrected chi connectivity index (χ2v) is 6.32. The minimum absolute atomic E-state index is 0.179. The van der Waals surface area contributed by atoms with Gasteiger partial charge in [0.15, 0.2) is 0 Å². The molecule has 1 heterocycles. The van der Waals surface area contributed by atoms with E-state index < -0.39 is 0 Å². The first-order valence-electron chi connectivity index (χ1n) is 7.22. The molecule has 0 amide bonds. The largest absolute Gasteiger partial charge is 0.492 e. The van der Waals surface area contributed by atoms with Gasteiger partial charge in [-0.25, -0.2) is 0 Å². The summed E-state index contributed by atoms with van der Waals surface area (Å²) in [4.78, 5) is 4.25. The van der Waals surface area contributed by atoms with E-state index in [0.717, 1.165) is 31.7 Å². The number of rotatable bonds is 7. The van der Waals surface area contributed by atoms with Crippen LogP contribution in [0, 0.1) is 5.92 Å². The van der Waals surface area contributed by atoms with Gasteiger partial charge in [0.1, 0.15) is 5.75 Å². The topological polar surface area (TPSA) is 34.1 Å². The lowest BCUT2D eigenvalue weighted by Gasteiger charge is -2.23. The number of nitrogens with one attached hydrogen (secondary N) is 1. The van der Waals surface area contributed by atoms with E-state index >= 15 is 0 Å². The number of aromatic nitrogens is 1. The quantitative estimate of drug-likeness (QED) is 0.819. The second kappa shape index (κ2) is 7.49. The molecular formula is C16H28N2O. The van der Waals surface area contributed by atoms with Crippen LogP contribution in [0.1, 0.15) is 46.6 Å². The van der Waals surface area contributed by atoms with Gasteiger partial charge in [0.2, 0.25) is 0 Å². The SMILES string of the molecule is CCCOc1cncc(CC(C)CNC(C)(C)C)c1. The van der Waals surface area contributed by atoms with Crippen LogP contribution in [0.5, 0.6) is 5.75 Å². The zero-order valence-corrected chi connectivity index (χ0v) is 13.0. The van der Waals surface area contributed by atoms with Gasteiger partial charge in [0.25, 0.3) is 0 Å². The Hall–Kier alpha value is -1.09. The fourth-order valence-electron chi connectivity index (χ4n) is 1.83. The Bertz CT molecular complexity index is 371. The number of hydrogen-bond donors (Lipinski definition) is 1. The van der Waals surface area contributed by atoms with Gasteiger partial charge in [0.05, 0.1) is 12.8 Å². The minimum atomic E-state index is 0.179. The molecule has 0 aliphatic rings. The van der Waals surface area contributed by atoms with Crippen LogP contribution in [0.4, 0.5) is 0 Å². The summed E-state index contributed by atoms with van der Waals surface area (Å²) < 4.78 is 5.61. The van der Waals surface area contributed by atoms with Gasteiger partial charge in [0, 0.05) is 11.7 Å². The first kappa shape index (κ1) is 16.0. The number of nitrogens with zero attached hydrogens (tertiary/aromatic N) is 1. The fourth-order valence-corrected chi connectivity index (χ4v) is 1.83. The lowest BCUT2D eigenvalue weighted by Crippen LogP contribution is -2.39. The maximum Gasteiger partial charge on any atom is 0.137 e. The molecule has 0 bridgehead atoms. The van der Waals surface area contributed by atoms with Crippen LogP contribution in [0.2, 0.25) is 0 Å². The highest BCUT2D eigenvalue weighted by Gasteiger charge is 2.11. The van der Waals surface area contributed by atoms with Gasteiger partial charge in [-0.2, -0.15) is 0 Å². The van der Waals surface area contributed by atoms with Crippen molar-refractivity contribution in [3.63, 3.8) is 0 Å². The van der Waals surface area contributed by atoms with Crippen molar-refractivity contribution in [2.24, 2.45) is 5.92 Å². The van der Waals surface area contributed by atoms with Crippen molar-refractivity contribution in [1.29, 1.82) is 0 Å². The van der Waals surface area contributed by atoms with Gasteiger partial charge in [-0.15, -0.1) is 0 Å². The van der Waals surface area contributed by atoms with Crippen LogP contribution >= 0.6 is 0 Å². The first-order chi connectivity index (χ1) is 8.90. The second-order valence-electron chi connectivity index (χ2n) is 6.32. The van der Waals surface area contributed by atoms with Crippen LogP contribution < -0.4 is 10.1 Å². The Balaban J connectivity index is 2.47. The summed E-state index contributed by atoms with van der Waals surface area (Å²) >= 11 is 0.